The third-order valence-electron chi connectivity index (χ3n) is 6.48. The molecule has 1 fully saturated rings. The van der Waals surface area contributed by atoms with Crippen molar-refractivity contribution >= 4 is 11.6 Å². The predicted molar refractivity (Wildman–Crippen MR) is 135 cm³/mol. The molecule has 1 amide bonds. The van der Waals surface area contributed by atoms with Crippen LogP contribution in [0.25, 0.3) is 11.1 Å². The number of nitrogens with two attached hydrogens (primary N) is 1. The van der Waals surface area contributed by atoms with Crippen LogP contribution >= 0.6 is 0 Å². The summed E-state index contributed by atoms with van der Waals surface area (Å²) in [5.74, 6) is 0.240. The van der Waals surface area contributed by atoms with Crippen molar-refractivity contribution in [1.82, 2.24) is 25.1 Å². The molecule has 10 heteroatoms. The van der Waals surface area contributed by atoms with E-state index in [9.17, 15) is 14.4 Å². The minimum absolute atomic E-state index is 0.232. The normalized spacial score (nSPS) is 13.8. The summed E-state index contributed by atoms with van der Waals surface area (Å²) in [6, 6.07) is 15.9. The summed E-state index contributed by atoms with van der Waals surface area (Å²) in [4.78, 5) is 40.6. The number of H-pyrrole nitrogens is 2. The SMILES string of the molecule is COc1ccc(CCn2cc(-c3cccc(C4(NC(=O)c5[nH]c(=O)[nH]c(=O)c5N)CC4)c3)cn2)cc1. The van der Waals surface area contributed by atoms with Crippen LogP contribution in [-0.2, 0) is 18.5 Å². The Labute approximate surface area is 206 Å². The summed E-state index contributed by atoms with van der Waals surface area (Å²) in [5, 5.41) is 7.46. The van der Waals surface area contributed by atoms with Gasteiger partial charge in [0.05, 0.1) is 18.8 Å². The molecule has 1 aliphatic rings. The van der Waals surface area contributed by atoms with Crippen LogP contribution in [0.5, 0.6) is 5.75 Å². The molecule has 5 rings (SSSR count). The quantitative estimate of drug-likeness (QED) is 0.300. The number of aryl methyl sites for hydroxylation is 2. The fourth-order valence-corrected chi connectivity index (χ4v) is 4.23. The molecule has 0 saturated heterocycles. The molecule has 0 bridgehead atoms. The van der Waals surface area contributed by atoms with Gasteiger partial charge in [-0.2, -0.15) is 5.10 Å². The summed E-state index contributed by atoms with van der Waals surface area (Å²) >= 11 is 0. The highest BCUT2D eigenvalue weighted by Gasteiger charge is 2.46. The van der Waals surface area contributed by atoms with Gasteiger partial charge >= 0.3 is 5.69 Å². The fraction of sp³-hybridized carbons (Fsp3) is 0.231. The van der Waals surface area contributed by atoms with Crippen molar-refractivity contribution in [2.45, 2.75) is 31.3 Å². The number of ether oxygens (including phenoxy) is 1. The molecule has 2 aromatic heterocycles. The molecule has 2 heterocycles. The van der Waals surface area contributed by atoms with Crippen molar-refractivity contribution in [3.63, 3.8) is 0 Å². The van der Waals surface area contributed by atoms with Crippen molar-refractivity contribution < 1.29 is 9.53 Å². The number of carbonyl (C=O) groups excluding carboxylic acids is 1. The van der Waals surface area contributed by atoms with E-state index in [1.165, 1.54) is 5.56 Å². The lowest BCUT2D eigenvalue weighted by atomic mass is 9.99. The van der Waals surface area contributed by atoms with E-state index in [0.717, 1.165) is 48.2 Å². The summed E-state index contributed by atoms with van der Waals surface area (Å²) in [5.41, 5.74) is 7.09. The largest absolute Gasteiger partial charge is 0.497 e. The van der Waals surface area contributed by atoms with E-state index in [1.54, 1.807) is 7.11 Å². The average molecular weight is 487 g/mol. The first-order chi connectivity index (χ1) is 17.4. The van der Waals surface area contributed by atoms with E-state index in [2.05, 4.69) is 15.4 Å². The smallest absolute Gasteiger partial charge is 0.326 e. The molecule has 0 unspecified atom stereocenters. The number of methoxy groups -OCH3 is 1. The number of benzene rings is 2. The predicted octanol–water partition coefficient (Wildman–Crippen LogP) is 2.18. The maximum Gasteiger partial charge on any atom is 0.326 e. The summed E-state index contributed by atoms with van der Waals surface area (Å²) in [6.45, 7) is 0.738. The van der Waals surface area contributed by atoms with Crippen LogP contribution in [0.3, 0.4) is 0 Å². The Morgan fingerprint density at radius 1 is 1.14 bits per heavy atom. The van der Waals surface area contributed by atoms with Crippen molar-refractivity contribution in [2.75, 3.05) is 12.8 Å². The lowest BCUT2D eigenvalue weighted by molar-refractivity contribution is 0.0926. The highest BCUT2D eigenvalue weighted by molar-refractivity contribution is 5.97. The van der Waals surface area contributed by atoms with Gasteiger partial charge in [0.1, 0.15) is 17.1 Å². The van der Waals surface area contributed by atoms with Crippen molar-refractivity contribution in [1.29, 1.82) is 0 Å². The van der Waals surface area contributed by atoms with Gasteiger partial charge < -0.3 is 20.8 Å². The number of amides is 1. The zero-order valence-electron chi connectivity index (χ0n) is 19.7. The fourth-order valence-electron chi connectivity index (χ4n) is 4.23. The molecule has 1 aliphatic carbocycles. The van der Waals surface area contributed by atoms with Crippen LogP contribution in [0, 0.1) is 0 Å². The molecule has 0 atom stereocenters. The van der Waals surface area contributed by atoms with E-state index in [1.807, 2.05) is 70.6 Å². The van der Waals surface area contributed by atoms with E-state index < -0.39 is 22.7 Å². The molecule has 1 saturated carbocycles. The molecule has 4 aromatic rings. The Balaban J connectivity index is 1.30. The van der Waals surface area contributed by atoms with Gasteiger partial charge in [0, 0.05) is 18.3 Å². The monoisotopic (exact) mass is 486 g/mol. The molecular weight excluding hydrogens is 460 g/mol. The Bertz CT molecular complexity index is 1530. The van der Waals surface area contributed by atoms with Crippen molar-refractivity contribution in [2.24, 2.45) is 0 Å². The minimum atomic E-state index is -0.792. The lowest BCUT2D eigenvalue weighted by Crippen LogP contribution is -2.39. The number of rotatable bonds is 8. The number of hydrogen-bond donors (Lipinski definition) is 4. The van der Waals surface area contributed by atoms with Gasteiger partial charge in [-0.1, -0.05) is 30.3 Å². The first kappa shape index (κ1) is 23.2. The summed E-state index contributed by atoms with van der Waals surface area (Å²) in [7, 11) is 1.65. The second kappa shape index (κ2) is 9.21. The zero-order valence-corrected chi connectivity index (χ0v) is 19.7. The Kier molecular flexibility index (Phi) is 5.93. The maximum atomic E-state index is 12.8. The van der Waals surface area contributed by atoms with Crippen LogP contribution in [0.4, 0.5) is 5.69 Å². The zero-order chi connectivity index (χ0) is 25.3. The minimum Gasteiger partial charge on any atom is -0.497 e. The van der Waals surface area contributed by atoms with Gasteiger partial charge in [-0.25, -0.2) is 4.79 Å². The second-order valence-electron chi connectivity index (χ2n) is 8.90. The lowest BCUT2D eigenvalue weighted by Gasteiger charge is -2.19. The number of aromatic nitrogens is 4. The number of nitrogens with zero attached hydrogens (tertiary/aromatic N) is 2. The van der Waals surface area contributed by atoms with E-state index in [4.69, 9.17) is 10.5 Å². The number of nitrogen functional groups attached to an aromatic ring is 1. The van der Waals surface area contributed by atoms with Gasteiger partial charge in [0.25, 0.3) is 11.5 Å². The third-order valence-corrected chi connectivity index (χ3v) is 6.48. The molecule has 36 heavy (non-hydrogen) atoms. The molecule has 5 N–H and O–H groups in total. The highest BCUT2D eigenvalue weighted by Crippen LogP contribution is 2.46. The Morgan fingerprint density at radius 2 is 1.92 bits per heavy atom. The van der Waals surface area contributed by atoms with E-state index in [-0.39, 0.29) is 11.4 Å². The van der Waals surface area contributed by atoms with Crippen LogP contribution in [-0.4, -0.2) is 32.8 Å². The molecule has 184 valence electrons. The van der Waals surface area contributed by atoms with Crippen LogP contribution < -0.4 is 27.0 Å². The van der Waals surface area contributed by atoms with Crippen molar-refractivity contribution in [3.05, 3.63) is 98.6 Å². The standard InChI is InChI=1S/C26H26N6O4/c1-36-20-7-5-16(6-8-20)9-12-32-15-18(14-28-32)17-3-2-4-19(13-17)26(10-11-26)31-24(34)22-21(27)23(33)30-25(35)29-22/h2-8,13-15H,9-12,27H2,1H3,(H,31,34)(H2,29,30,33,35). The number of nitrogens with one attached hydrogen (secondary N) is 3. The first-order valence-corrected chi connectivity index (χ1v) is 11.6. The maximum absolute atomic E-state index is 12.8. The number of hydrogen-bond acceptors (Lipinski definition) is 6. The van der Waals surface area contributed by atoms with Crippen LogP contribution in [0.2, 0.25) is 0 Å². The first-order valence-electron chi connectivity index (χ1n) is 11.6. The summed E-state index contributed by atoms with van der Waals surface area (Å²) < 4.78 is 7.12. The third kappa shape index (κ3) is 4.65. The average Bonchev–Trinajstić information content (AvgIpc) is 3.51. The topological polar surface area (TPSA) is 148 Å². The Morgan fingerprint density at radius 3 is 2.64 bits per heavy atom. The molecular formula is C26H26N6O4. The van der Waals surface area contributed by atoms with Crippen LogP contribution in [0.1, 0.15) is 34.5 Å². The molecule has 2 aromatic carbocycles. The van der Waals surface area contributed by atoms with Crippen LogP contribution in [0.15, 0.2) is 70.5 Å². The van der Waals surface area contributed by atoms with E-state index >= 15 is 0 Å². The van der Waals surface area contributed by atoms with Gasteiger partial charge in [-0.05, 0) is 54.2 Å². The van der Waals surface area contributed by atoms with Gasteiger partial charge in [-0.3, -0.25) is 19.3 Å². The highest BCUT2D eigenvalue weighted by atomic mass is 16.5. The van der Waals surface area contributed by atoms with E-state index in [0.29, 0.717) is 0 Å². The van der Waals surface area contributed by atoms with Crippen molar-refractivity contribution in [3.8, 4) is 16.9 Å². The van der Waals surface area contributed by atoms with Gasteiger partial charge in [0.15, 0.2) is 0 Å². The van der Waals surface area contributed by atoms with Gasteiger partial charge in [-0.15, -0.1) is 0 Å². The second-order valence-corrected chi connectivity index (χ2v) is 8.90. The summed E-state index contributed by atoms with van der Waals surface area (Å²) in [6.07, 6.45) is 6.14. The molecule has 0 spiro atoms. The Hall–Kier alpha value is -4.60. The number of aromatic amines is 2. The molecule has 10 nitrogen and oxygen atoms in total. The number of carbonyl (C=O) groups is 1. The molecule has 0 aliphatic heterocycles. The number of anilines is 1. The molecule has 0 radical (unpaired) electrons. The van der Waals surface area contributed by atoms with Gasteiger partial charge in [0.2, 0.25) is 0 Å².